The number of amides is 1. The highest BCUT2D eigenvalue weighted by atomic mass is 35.5. The van der Waals surface area contributed by atoms with Crippen molar-refractivity contribution in [1.82, 2.24) is 9.97 Å². The van der Waals surface area contributed by atoms with Crippen molar-refractivity contribution in [3.63, 3.8) is 0 Å². The molecule has 0 unspecified atom stereocenters. The number of anilines is 1. The van der Waals surface area contributed by atoms with E-state index < -0.39 is 15.9 Å². The Morgan fingerprint density at radius 3 is 2.57 bits per heavy atom. The maximum absolute atomic E-state index is 12.0. The lowest BCUT2D eigenvalue weighted by Gasteiger charge is -2.09. The highest BCUT2D eigenvalue weighted by Crippen LogP contribution is 2.19. The zero-order valence-electron chi connectivity index (χ0n) is 10.9. The SMILES string of the molecule is Cc1cc(S(N)(=O)=O)ccc1NC(=O)c1cc(Cl)ncn1. The molecule has 2 rings (SSSR count). The molecule has 0 saturated heterocycles. The van der Waals surface area contributed by atoms with E-state index in [9.17, 15) is 13.2 Å². The van der Waals surface area contributed by atoms with E-state index in [2.05, 4.69) is 15.3 Å². The molecule has 0 radical (unpaired) electrons. The van der Waals surface area contributed by atoms with Gasteiger partial charge in [-0.2, -0.15) is 0 Å². The molecule has 0 bridgehead atoms. The summed E-state index contributed by atoms with van der Waals surface area (Å²) < 4.78 is 22.5. The van der Waals surface area contributed by atoms with Gasteiger partial charge in [-0.25, -0.2) is 23.5 Å². The van der Waals surface area contributed by atoms with Crippen molar-refractivity contribution in [3.05, 3.63) is 47.0 Å². The van der Waals surface area contributed by atoms with E-state index in [4.69, 9.17) is 16.7 Å². The summed E-state index contributed by atoms with van der Waals surface area (Å²) >= 11 is 5.68. The Kier molecular flexibility index (Phi) is 4.21. The van der Waals surface area contributed by atoms with Crippen LogP contribution in [0.15, 0.2) is 35.5 Å². The summed E-state index contributed by atoms with van der Waals surface area (Å²) in [5.41, 5.74) is 1.10. The fraction of sp³-hybridized carbons (Fsp3) is 0.0833. The van der Waals surface area contributed by atoms with Crippen LogP contribution in [-0.4, -0.2) is 24.3 Å². The average Bonchev–Trinajstić information content (AvgIpc) is 2.39. The van der Waals surface area contributed by atoms with Gasteiger partial charge in [0.15, 0.2) is 0 Å². The van der Waals surface area contributed by atoms with Crippen LogP contribution in [0.3, 0.4) is 0 Å². The quantitative estimate of drug-likeness (QED) is 0.826. The molecule has 0 spiro atoms. The lowest BCUT2D eigenvalue weighted by Crippen LogP contribution is -2.16. The second-order valence-electron chi connectivity index (χ2n) is 4.20. The second-order valence-corrected chi connectivity index (χ2v) is 6.15. The van der Waals surface area contributed by atoms with Crippen molar-refractivity contribution in [2.75, 3.05) is 5.32 Å². The maximum Gasteiger partial charge on any atom is 0.274 e. The number of hydrogen-bond acceptors (Lipinski definition) is 5. The number of sulfonamides is 1. The molecule has 110 valence electrons. The molecule has 1 amide bonds. The van der Waals surface area contributed by atoms with E-state index in [0.717, 1.165) is 0 Å². The van der Waals surface area contributed by atoms with Gasteiger partial charge in [0.1, 0.15) is 17.2 Å². The molecular weight excluding hydrogens is 316 g/mol. The minimum absolute atomic E-state index is 0.0249. The van der Waals surface area contributed by atoms with E-state index in [1.54, 1.807) is 6.92 Å². The van der Waals surface area contributed by atoms with Crippen LogP contribution in [-0.2, 0) is 10.0 Å². The van der Waals surface area contributed by atoms with Gasteiger partial charge >= 0.3 is 0 Å². The van der Waals surface area contributed by atoms with Crippen molar-refractivity contribution in [2.45, 2.75) is 11.8 Å². The number of aromatic nitrogens is 2. The predicted octanol–water partition coefficient (Wildman–Crippen LogP) is 1.34. The zero-order valence-corrected chi connectivity index (χ0v) is 12.4. The Balaban J connectivity index is 2.26. The van der Waals surface area contributed by atoms with Crippen LogP contribution in [0.2, 0.25) is 5.15 Å². The minimum atomic E-state index is -3.78. The summed E-state index contributed by atoms with van der Waals surface area (Å²) in [6.45, 7) is 1.65. The third kappa shape index (κ3) is 3.75. The number of aryl methyl sites for hydroxylation is 1. The number of benzene rings is 1. The molecule has 1 aromatic heterocycles. The average molecular weight is 327 g/mol. The molecule has 0 saturated carbocycles. The first-order valence-electron chi connectivity index (χ1n) is 5.70. The van der Waals surface area contributed by atoms with Gasteiger partial charge in [0, 0.05) is 11.8 Å². The van der Waals surface area contributed by atoms with Gasteiger partial charge in [-0.05, 0) is 30.7 Å². The summed E-state index contributed by atoms with van der Waals surface area (Å²) in [6.07, 6.45) is 1.17. The molecule has 0 atom stereocenters. The largest absolute Gasteiger partial charge is 0.320 e. The molecule has 0 aliphatic carbocycles. The molecule has 0 aliphatic rings. The van der Waals surface area contributed by atoms with Crippen LogP contribution in [0.4, 0.5) is 5.69 Å². The van der Waals surface area contributed by atoms with E-state index in [1.807, 2.05) is 0 Å². The zero-order chi connectivity index (χ0) is 15.6. The number of nitrogens with zero attached hydrogens (tertiary/aromatic N) is 2. The van der Waals surface area contributed by atoms with Crippen molar-refractivity contribution < 1.29 is 13.2 Å². The number of rotatable bonds is 3. The van der Waals surface area contributed by atoms with Gasteiger partial charge < -0.3 is 5.32 Å². The smallest absolute Gasteiger partial charge is 0.274 e. The monoisotopic (exact) mass is 326 g/mol. The van der Waals surface area contributed by atoms with Crippen LogP contribution in [0.5, 0.6) is 0 Å². The molecule has 2 aromatic rings. The molecule has 0 aliphatic heterocycles. The van der Waals surface area contributed by atoms with Crippen LogP contribution in [0.25, 0.3) is 0 Å². The van der Waals surface area contributed by atoms with Gasteiger partial charge in [0.2, 0.25) is 10.0 Å². The highest BCUT2D eigenvalue weighted by molar-refractivity contribution is 7.89. The molecule has 7 nitrogen and oxygen atoms in total. The van der Waals surface area contributed by atoms with Crippen LogP contribution in [0, 0.1) is 6.92 Å². The Morgan fingerprint density at radius 2 is 2.00 bits per heavy atom. The summed E-state index contributed by atoms with van der Waals surface area (Å²) in [4.78, 5) is 19.5. The first-order valence-corrected chi connectivity index (χ1v) is 7.62. The molecule has 21 heavy (non-hydrogen) atoms. The van der Waals surface area contributed by atoms with Gasteiger partial charge in [0.05, 0.1) is 4.90 Å². The van der Waals surface area contributed by atoms with Crippen LogP contribution in [0.1, 0.15) is 16.1 Å². The lowest BCUT2D eigenvalue weighted by atomic mass is 10.2. The number of primary sulfonamides is 1. The first kappa shape index (κ1) is 15.4. The number of halogens is 1. The van der Waals surface area contributed by atoms with Gasteiger partial charge in [-0.15, -0.1) is 0 Å². The molecule has 0 fully saturated rings. The minimum Gasteiger partial charge on any atom is -0.320 e. The second kappa shape index (κ2) is 5.76. The third-order valence-electron chi connectivity index (χ3n) is 2.64. The molecule has 1 aromatic carbocycles. The molecule has 1 heterocycles. The fourth-order valence-electron chi connectivity index (χ4n) is 1.60. The number of nitrogens with two attached hydrogens (primary N) is 1. The molecule has 3 N–H and O–H groups in total. The van der Waals surface area contributed by atoms with Crippen molar-refractivity contribution in [2.24, 2.45) is 5.14 Å². The number of carbonyl (C=O) groups excluding carboxylic acids is 1. The Bertz CT molecular complexity index is 808. The number of carbonyl (C=O) groups is 1. The molecule has 9 heteroatoms. The van der Waals surface area contributed by atoms with Crippen molar-refractivity contribution >= 4 is 33.2 Å². The molecular formula is C12H11ClN4O3S. The summed E-state index contributed by atoms with van der Waals surface area (Å²) in [5, 5.41) is 7.80. The topological polar surface area (TPSA) is 115 Å². The first-order chi connectivity index (χ1) is 9.77. The number of nitrogens with one attached hydrogen (secondary N) is 1. The van der Waals surface area contributed by atoms with Gasteiger partial charge in [-0.1, -0.05) is 11.6 Å². The normalized spacial score (nSPS) is 11.2. The van der Waals surface area contributed by atoms with Crippen molar-refractivity contribution in [3.8, 4) is 0 Å². The standard InChI is InChI=1S/C12H11ClN4O3S/c1-7-4-8(21(14,19)20)2-3-9(7)17-12(18)10-5-11(13)16-6-15-10/h2-6H,1H3,(H,17,18)(H2,14,19,20). The fourth-order valence-corrected chi connectivity index (χ4v) is 2.34. The van der Waals surface area contributed by atoms with E-state index in [-0.39, 0.29) is 15.7 Å². The van der Waals surface area contributed by atoms with Crippen LogP contribution < -0.4 is 10.5 Å². The van der Waals surface area contributed by atoms with E-state index in [1.165, 1.54) is 30.6 Å². The van der Waals surface area contributed by atoms with Gasteiger partial charge in [0.25, 0.3) is 5.91 Å². The Morgan fingerprint density at radius 1 is 1.29 bits per heavy atom. The van der Waals surface area contributed by atoms with Crippen molar-refractivity contribution in [1.29, 1.82) is 0 Å². The summed E-state index contributed by atoms with van der Waals surface area (Å²) in [6, 6.07) is 5.46. The van der Waals surface area contributed by atoms with E-state index in [0.29, 0.717) is 11.3 Å². The maximum atomic E-state index is 12.0. The summed E-state index contributed by atoms with van der Waals surface area (Å²) in [7, 11) is -3.78. The number of hydrogen-bond donors (Lipinski definition) is 2. The third-order valence-corrected chi connectivity index (χ3v) is 3.76. The Labute approximate surface area is 126 Å². The van der Waals surface area contributed by atoms with Crippen LogP contribution >= 0.6 is 11.6 Å². The summed E-state index contributed by atoms with van der Waals surface area (Å²) in [5.74, 6) is -0.481. The highest BCUT2D eigenvalue weighted by Gasteiger charge is 2.13. The Hall–Kier alpha value is -2.03. The van der Waals surface area contributed by atoms with E-state index >= 15 is 0 Å². The predicted molar refractivity (Wildman–Crippen MR) is 77.5 cm³/mol. The van der Waals surface area contributed by atoms with Gasteiger partial charge in [-0.3, -0.25) is 4.79 Å². The lowest BCUT2D eigenvalue weighted by molar-refractivity contribution is 0.102.